The van der Waals surface area contributed by atoms with E-state index in [0.29, 0.717) is 5.56 Å². The topological polar surface area (TPSA) is 54.5 Å². The first-order chi connectivity index (χ1) is 9.86. The zero-order valence-electron chi connectivity index (χ0n) is 11.3. The fourth-order valence-corrected chi connectivity index (χ4v) is 2.47. The number of rotatable bonds is 2. The molecule has 20 heavy (non-hydrogen) atoms. The molecule has 3 rings (SSSR count). The van der Waals surface area contributed by atoms with E-state index in [2.05, 4.69) is 20.8 Å². The van der Waals surface area contributed by atoms with Gasteiger partial charge in [0.2, 0.25) is 0 Å². The van der Waals surface area contributed by atoms with Crippen molar-refractivity contribution < 1.29 is 0 Å². The highest BCUT2D eigenvalue weighted by Gasteiger charge is 2.12. The largest absolute Gasteiger partial charge is 0.312 e. The Morgan fingerprint density at radius 1 is 1.05 bits per heavy atom. The second-order valence-electron chi connectivity index (χ2n) is 5.00. The van der Waals surface area contributed by atoms with Gasteiger partial charge in [0.25, 0.3) is 0 Å². The molecule has 0 atom stereocenters. The highest BCUT2D eigenvalue weighted by molar-refractivity contribution is 5.67. The molecule has 0 aliphatic carbocycles. The van der Waals surface area contributed by atoms with Gasteiger partial charge in [-0.15, -0.1) is 10.2 Å². The molecule has 1 aromatic heterocycles. The van der Waals surface area contributed by atoms with E-state index in [0.717, 1.165) is 30.2 Å². The standard InChI is InChI=1S/C16H16N4/c17-12-14-7-5-13(6-8-14)9-10-16-19-18-15-4-2-1-3-11-20(15)16/h5-10H,1-4,11H2/b10-9+. The number of benzene rings is 1. The molecule has 0 saturated heterocycles. The van der Waals surface area contributed by atoms with Crippen LogP contribution < -0.4 is 0 Å². The van der Waals surface area contributed by atoms with Crippen molar-refractivity contribution in [3.8, 4) is 6.07 Å². The van der Waals surface area contributed by atoms with Crippen LogP contribution in [0.5, 0.6) is 0 Å². The summed E-state index contributed by atoms with van der Waals surface area (Å²) in [6, 6.07) is 9.65. The van der Waals surface area contributed by atoms with Gasteiger partial charge in [-0.25, -0.2) is 0 Å². The Morgan fingerprint density at radius 2 is 1.90 bits per heavy atom. The van der Waals surface area contributed by atoms with Gasteiger partial charge in [-0.05, 0) is 36.6 Å². The van der Waals surface area contributed by atoms with E-state index in [9.17, 15) is 0 Å². The first-order valence-electron chi connectivity index (χ1n) is 6.97. The van der Waals surface area contributed by atoms with Gasteiger partial charge >= 0.3 is 0 Å². The van der Waals surface area contributed by atoms with E-state index in [1.54, 1.807) is 0 Å². The second-order valence-corrected chi connectivity index (χ2v) is 5.00. The Morgan fingerprint density at radius 3 is 2.70 bits per heavy atom. The van der Waals surface area contributed by atoms with Crippen molar-refractivity contribution in [3.05, 3.63) is 47.0 Å². The molecule has 1 aliphatic rings. The normalized spacial score (nSPS) is 14.8. The molecular weight excluding hydrogens is 248 g/mol. The molecule has 1 aromatic carbocycles. The van der Waals surface area contributed by atoms with Gasteiger partial charge in [-0.2, -0.15) is 5.26 Å². The van der Waals surface area contributed by atoms with Gasteiger partial charge < -0.3 is 4.57 Å². The van der Waals surface area contributed by atoms with Crippen molar-refractivity contribution >= 4 is 12.2 Å². The summed E-state index contributed by atoms with van der Waals surface area (Å²) in [5, 5.41) is 17.3. The number of aryl methyl sites for hydroxylation is 1. The van der Waals surface area contributed by atoms with Crippen molar-refractivity contribution in [2.45, 2.75) is 32.2 Å². The van der Waals surface area contributed by atoms with Gasteiger partial charge in [0.1, 0.15) is 5.82 Å². The molecular formula is C16H16N4. The van der Waals surface area contributed by atoms with Crippen molar-refractivity contribution in [1.29, 1.82) is 5.26 Å². The molecule has 4 heteroatoms. The van der Waals surface area contributed by atoms with E-state index < -0.39 is 0 Å². The summed E-state index contributed by atoms with van der Waals surface area (Å²) >= 11 is 0. The van der Waals surface area contributed by atoms with Crippen LogP contribution in [0.3, 0.4) is 0 Å². The molecule has 0 spiro atoms. The van der Waals surface area contributed by atoms with Gasteiger partial charge in [0.05, 0.1) is 11.6 Å². The minimum Gasteiger partial charge on any atom is -0.312 e. The number of aromatic nitrogens is 3. The number of nitriles is 1. The maximum absolute atomic E-state index is 8.78. The predicted octanol–water partition coefficient (Wildman–Crippen LogP) is 3.05. The van der Waals surface area contributed by atoms with Crippen LogP contribution >= 0.6 is 0 Å². The fraction of sp³-hybridized carbons (Fsp3) is 0.312. The summed E-state index contributed by atoms with van der Waals surface area (Å²) < 4.78 is 2.22. The van der Waals surface area contributed by atoms with Crippen LogP contribution in [0.4, 0.5) is 0 Å². The number of nitrogens with zero attached hydrogens (tertiary/aromatic N) is 4. The Hall–Kier alpha value is -2.41. The molecule has 1 aliphatic heterocycles. The smallest absolute Gasteiger partial charge is 0.156 e. The predicted molar refractivity (Wildman–Crippen MR) is 77.7 cm³/mol. The minimum absolute atomic E-state index is 0.679. The summed E-state index contributed by atoms with van der Waals surface area (Å²) in [6.07, 6.45) is 8.71. The molecule has 0 N–H and O–H groups in total. The maximum atomic E-state index is 8.78. The highest BCUT2D eigenvalue weighted by Crippen LogP contribution is 2.16. The van der Waals surface area contributed by atoms with Gasteiger partial charge in [0.15, 0.2) is 5.82 Å². The molecule has 0 unspecified atom stereocenters. The van der Waals surface area contributed by atoms with Crippen LogP contribution in [-0.2, 0) is 13.0 Å². The van der Waals surface area contributed by atoms with Gasteiger partial charge in [-0.3, -0.25) is 0 Å². The minimum atomic E-state index is 0.679. The highest BCUT2D eigenvalue weighted by atomic mass is 15.3. The molecule has 0 saturated carbocycles. The second kappa shape index (κ2) is 5.70. The van der Waals surface area contributed by atoms with E-state index >= 15 is 0 Å². The number of fused-ring (bicyclic) bond motifs is 1. The zero-order valence-corrected chi connectivity index (χ0v) is 11.3. The van der Waals surface area contributed by atoms with Crippen LogP contribution in [0.2, 0.25) is 0 Å². The summed E-state index contributed by atoms with van der Waals surface area (Å²) in [6.45, 7) is 1.01. The van der Waals surface area contributed by atoms with Gasteiger partial charge in [-0.1, -0.05) is 24.6 Å². The molecule has 0 fully saturated rings. The molecule has 100 valence electrons. The fourth-order valence-electron chi connectivity index (χ4n) is 2.47. The number of hydrogen-bond acceptors (Lipinski definition) is 3. The van der Waals surface area contributed by atoms with Crippen molar-refractivity contribution in [2.75, 3.05) is 0 Å². The molecule has 2 heterocycles. The lowest BCUT2D eigenvalue weighted by atomic mass is 10.1. The third kappa shape index (κ3) is 2.62. The summed E-state index contributed by atoms with van der Waals surface area (Å²) in [5.41, 5.74) is 1.74. The summed E-state index contributed by atoms with van der Waals surface area (Å²) in [7, 11) is 0. The number of hydrogen-bond donors (Lipinski definition) is 0. The Kier molecular flexibility index (Phi) is 3.60. The lowest BCUT2D eigenvalue weighted by molar-refractivity contribution is 0.628. The first kappa shape index (κ1) is 12.6. The van der Waals surface area contributed by atoms with Gasteiger partial charge in [0, 0.05) is 13.0 Å². The van der Waals surface area contributed by atoms with Crippen LogP contribution in [-0.4, -0.2) is 14.8 Å². The van der Waals surface area contributed by atoms with Crippen molar-refractivity contribution in [1.82, 2.24) is 14.8 Å². The Bertz CT molecular complexity index is 659. The molecule has 0 amide bonds. The first-order valence-corrected chi connectivity index (χ1v) is 6.97. The molecule has 2 aromatic rings. The maximum Gasteiger partial charge on any atom is 0.156 e. The van der Waals surface area contributed by atoms with E-state index in [-0.39, 0.29) is 0 Å². The summed E-state index contributed by atoms with van der Waals surface area (Å²) in [4.78, 5) is 0. The SMILES string of the molecule is N#Cc1ccc(/C=C/c2nnc3n2CCCCC3)cc1. The summed E-state index contributed by atoms with van der Waals surface area (Å²) in [5.74, 6) is 2.02. The van der Waals surface area contributed by atoms with E-state index in [1.807, 2.05) is 36.4 Å². The lowest BCUT2D eigenvalue weighted by Gasteiger charge is -2.03. The molecule has 0 bridgehead atoms. The van der Waals surface area contributed by atoms with Crippen LogP contribution in [0.15, 0.2) is 24.3 Å². The average molecular weight is 264 g/mol. The third-order valence-corrected chi connectivity index (χ3v) is 3.60. The zero-order chi connectivity index (χ0) is 13.8. The van der Waals surface area contributed by atoms with Crippen molar-refractivity contribution in [2.24, 2.45) is 0 Å². The van der Waals surface area contributed by atoms with Crippen LogP contribution in [0.25, 0.3) is 12.2 Å². The lowest BCUT2D eigenvalue weighted by Crippen LogP contribution is -2.02. The van der Waals surface area contributed by atoms with Crippen molar-refractivity contribution in [3.63, 3.8) is 0 Å². The monoisotopic (exact) mass is 264 g/mol. The Balaban J connectivity index is 1.82. The third-order valence-electron chi connectivity index (χ3n) is 3.60. The molecule has 4 nitrogen and oxygen atoms in total. The quantitative estimate of drug-likeness (QED) is 0.837. The van der Waals surface area contributed by atoms with Crippen LogP contribution in [0.1, 0.15) is 42.0 Å². The van der Waals surface area contributed by atoms with E-state index in [1.165, 1.54) is 19.3 Å². The van der Waals surface area contributed by atoms with Crippen LogP contribution in [0, 0.1) is 11.3 Å². The molecule has 0 radical (unpaired) electrons. The Labute approximate surface area is 118 Å². The average Bonchev–Trinajstić information content (AvgIpc) is 2.72. The van der Waals surface area contributed by atoms with E-state index in [4.69, 9.17) is 5.26 Å².